The predicted molar refractivity (Wildman–Crippen MR) is 50.8 cm³/mol. The molecule has 1 aromatic heterocycles. The number of pyridine rings is 1. The first kappa shape index (κ1) is 10.7. The van der Waals surface area contributed by atoms with Crippen LogP contribution in [0.5, 0.6) is 0 Å². The second-order valence-corrected chi connectivity index (χ2v) is 2.80. The molecule has 0 radical (unpaired) electrons. The van der Waals surface area contributed by atoms with E-state index in [0.717, 1.165) is 0 Å². The van der Waals surface area contributed by atoms with Gasteiger partial charge in [-0.15, -0.1) is 0 Å². The van der Waals surface area contributed by atoms with E-state index in [4.69, 9.17) is 9.84 Å². The maximum absolute atomic E-state index is 11.3. The van der Waals surface area contributed by atoms with Crippen LogP contribution in [0.4, 0.5) is 0 Å². The van der Waals surface area contributed by atoms with Crippen LogP contribution < -0.4 is 0 Å². The van der Waals surface area contributed by atoms with Crippen molar-refractivity contribution in [2.75, 3.05) is 13.2 Å². The van der Waals surface area contributed by atoms with Gasteiger partial charge in [-0.1, -0.05) is 0 Å². The summed E-state index contributed by atoms with van der Waals surface area (Å²) in [5.74, 6) is -0.342. The van der Waals surface area contributed by atoms with Crippen molar-refractivity contribution in [1.82, 2.24) is 4.98 Å². The van der Waals surface area contributed by atoms with Gasteiger partial charge in [0.15, 0.2) is 0 Å². The van der Waals surface area contributed by atoms with Crippen molar-refractivity contribution in [1.29, 1.82) is 0 Å². The Labute approximate surface area is 82.5 Å². The lowest BCUT2D eigenvalue weighted by atomic mass is 10.3. The fraction of sp³-hybridized carbons (Fsp3) is 0.400. The molecule has 0 amide bonds. The molecule has 0 spiro atoms. The van der Waals surface area contributed by atoms with Crippen molar-refractivity contribution in [3.05, 3.63) is 30.1 Å². The predicted octanol–water partition coefficient (Wildman–Crippen LogP) is 1.01. The normalized spacial score (nSPS) is 9.79. The molecule has 0 aromatic carbocycles. The maximum atomic E-state index is 11.3. The Morgan fingerprint density at radius 1 is 1.36 bits per heavy atom. The number of nitrogens with zero attached hydrogens (tertiary/aromatic N) is 1. The lowest BCUT2D eigenvalue weighted by molar-refractivity contribution is 0.0492. The molecule has 0 atom stereocenters. The van der Waals surface area contributed by atoms with Crippen LogP contribution in [0.2, 0.25) is 0 Å². The largest absolute Gasteiger partial charge is 0.462 e. The van der Waals surface area contributed by atoms with Gasteiger partial charge in [-0.3, -0.25) is 4.98 Å². The van der Waals surface area contributed by atoms with Gasteiger partial charge in [0.2, 0.25) is 0 Å². The molecule has 1 heterocycles. The second kappa shape index (κ2) is 6.10. The fourth-order valence-electron chi connectivity index (χ4n) is 0.950. The quantitative estimate of drug-likeness (QED) is 0.562. The summed E-state index contributed by atoms with van der Waals surface area (Å²) in [6.07, 6.45) is 4.44. The Morgan fingerprint density at radius 3 is 2.71 bits per heavy atom. The Bertz CT molecular complexity index is 274. The number of hydrogen-bond donors (Lipinski definition) is 1. The Hall–Kier alpha value is -1.42. The minimum absolute atomic E-state index is 0.132. The molecule has 0 saturated carbocycles. The number of rotatable bonds is 5. The molecule has 4 heteroatoms. The first-order chi connectivity index (χ1) is 6.84. The number of ether oxygens (including phenoxy) is 1. The molecule has 0 bridgehead atoms. The topological polar surface area (TPSA) is 59.4 Å². The minimum atomic E-state index is -0.342. The van der Waals surface area contributed by atoms with Gasteiger partial charge >= 0.3 is 5.97 Å². The maximum Gasteiger partial charge on any atom is 0.338 e. The number of carbonyl (C=O) groups excluding carboxylic acids is 1. The van der Waals surface area contributed by atoms with Crippen molar-refractivity contribution < 1.29 is 14.6 Å². The molecular weight excluding hydrogens is 182 g/mol. The van der Waals surface area contributed by atoms with Crippen molar-refractivity contribution >= 4 is 5.97 Å². The first-order valence-corrected chi connectivity index (χ1v) is 4.52. The molecule has 4 nitrogen and oxygen atoms in total. The van der Waals surface area contributed by atoms with Crippen LogP contribution in [0, 0.1) is 0 Å². The molecule has 1 N–H and O–H groups in total. The van der Waals surface area contributed by atoms with Crippen LogP contribution in [0.25, 0.3) is 0 Å². The summed E-state index contributed by atoms with van der Waals surface area (Å²) in [7, 11) is 0. The number of carbonyl (C=O) groups is 1. The fourth-order valence-corrected chi connectivity index (χ4v) is 0.950. The zero-order valence-electron chi connectivity index (χ0n) is 7.85. The van der Waals surface area contributed by atoms with E-state index in [9.17, 15) is 4.79 Å². The van der Waals surface area contributed by atoms with Gasteiger partial charge in [-0.05, 0) is 25.0 Å². The Kier molecular flexibility index (Phi) is 4.64. The lowest BCUT2D eigenvalue weighted by Crippen LogP contribution is -2.06. The smallest absolute Gasteiger partial charge is 0.338 e. The molecule has 14 heavy (non-hydrogen) atoms. The summed E-state index contributed by atoms with van der Waals surface area (Å²) in [5.41, 5.74) is 0.504. The monoisotopic (exact) mass is 195 g/mol. The summed E-state index contributed by atoms with van der Waals surface area (Å²) in [5, 5.41) is 8.50. The molecule has 0 saturated heterocycles. The first-order valence-electron chi connectivity index (χ1n) is 4.52. The standard InChI is InChI=1S/C10H13NO3/c12-7-1-2-8-14-10(13)9-3-5-11-6-4-9/h3-6,12H,1-2,7-8H2. The number of esters is 1. The van der Waals surface area contributed by atoms with Crippen molar-refractivity contribution in [2.45, 2.75) is 12.8 Å². The minimum Gasteiger partial charge on any atom is -0.462 e. The molecule has 0 aliphatic rings. The van der Waals surface area contributed by atoms with Crippen LogP contribution in [-0.4, -0.2) is 29.3 Å². The Morgan fingerprint density at radius 2 is 2.07 bits per heavy atom. The summed E-state index contributed by atoms with van der Waals surface area (Å²) in [6, 6.07) is 3.21. The number of aromatic nitrogens is 1. The van der Waals surface area contributed by atoms with Gasteiger partial charge in [0.1, 0.15) is 0 Å². The third-order valence-electron chi connectivity index (χ3n) is 1.70. The molecule has 1 aromatic rings. The van der Waals surface area contributed by atoms with Crippen LogP contribution >= 0.6 is 0 Å². The number of aliphatic hydroxyl groups excluding tert-OH is 1. The van der Waals surface area contributed by atoms with E-state index in [-0.39, 0.29) is 12.6 Å². The van der Waals surface area contributed by atoms with Gasteiger partial charge in [-0.2, -0.15) is 0 Å². The Balaban J connectivity index is 2.29. The molecule has 76 valence electrons. The summed E-state index contributed by atoms with van der Waals surface area (Å²) in [4.78, 5) is 15.1. The summed E-state index contributed by atoms with van der Waals surface area (Å²) < 4.78 is 4.95. The van der Waals surface area contributed by atoms with Crippen LogP contribution in [0.3, 0.4) is 0 Å². The number of aliphatic hydroxyl groups is 1. The van der Waals surface area contributed by atoms with Crippen molar-refractivity contribution in [3.63, 3.8) is 0 Å². The highest BCUT2D eigenvalue weighted by molar-refractivity contribution is 5.89. The second-order valence-electron chi connectivity index (χ2n) is 2.80. The van der Waals surface area contributed by atoms with Crippen LogP contribution in [0.1, 0.15) is 23.2 Å². The van der Waals surface area contributed by atoms with E-state index in [2.05, 4.69) is 4.98 Å². The highest BCUT2D eigenvalue weighted by Crippen LogP contribution is 2.00. The average Bonchev–Trinajstić information content (AvgIpc) is 2.25. The van der Waals surface area contributed by atoms with E-state index in [1.165, 1.54) is 0 Å². The highest BCUT2D eigenvalue weighted by atomic mass is 16.5. The number of hydrogen-bond acceptors (Lipinski definition) is 4. The van der Waals surface area contributed by atoms with E-state index in [0.29, 0.717) is 25.0 Å². The molecular formula is C10H13NO3. The van der Waals surface area contributed by atoms with Crippen LogP contribution in [-0.2, 0) is 4.74 Å². The van der Waals surface area contributed by atoms with Gasteiger partial charge in [0, 0.05) is 19.0 Å². The molecule has 0 fully saturated rings. The average molecular weight is 195 g/mol. The van der Waals surface area contributed by atoms with Gasteiger partial charge in [0.05, 0.1) is 12.2 Å². The van der Waals surface area contributed by atoms with Crippen LogP contribution in [0.15, 0.2) is 24.5 Å². The summed E-state index contributed by atoms with van der Waals surface area (Å²) >= 11 is 0. The SMILES string of the molecule is O=C(OCCCCO)c1ccncc1. The van der Waals surface area contributed by atoms with E-state index in [1.807, 2.05) is 0 Å². The van der Waals surface area contributed by atoms with E-state index in [1.54, 1.807) is 24.5 Å². The van der Waals surface area contributed by atoms with Crippen molar-refractivity contribution in [2.24, 2.45) is 0 Å². The van der Waals surface area contributed by atoms with Gasteiger partial charge < -0.3 is 9.84 Å². The third-order valence-corrected chi connectivity index (χ3v) is 1.70. The molecule has 0 unspecified atom stereocenters. The van der Waals surface area contributed by atoms with Crippen molar-refractivity contribution in [3.8, 4) is 0 Å². The van der Waals surface area contributed by atoms with Gasteiger partial charge in [-0.25, -0.2) is 4.79 Å². The molecule has 0 aliphatic heterocycles. The third kappa shape index (κ3) is 3.53. The molecule has 0 aliphatic carbocycles. The van der Waals surface area contributed by atoms with E-state index < -0.39 is 0 Å². The molecule has 1 rings (SSSR count). The zero-order chi connectivity index (χ0) is 10.2. The lowest BCUT2D eigenvalue weighted by Gasteiger charge is -2.03. The van der Waals surface area contributed by atoms with E-state index >= 15 is 0 Å². The highest BCUT2D eigenvalue weighted by Gasteiger charge is 2.04. The summed E-state index contributed by atoms with van der Waals surface area (Å²) in [6.45, 7) is 0.481. The van der Waals surface area contributed by atoms with Gasteiger partial charge in [0.25, 0.3) is 0 Å². The zero-order valence-corrected chi connectivity index (χ0v) is 7.85. The number of unbranched alkanes of at least 4 members (excludes halogenated alkanes) is 1.